The highest BCUT2D eigenvalue weighted by molar-refractivity contribution is 5.45. The smallest absolute Gasteiger partial charge is 0.236 e. The molecule has 0 unspecified atom stereocenters. The van der Waals surface area contributed by atoms with E-state index in [1.165, 1.54) is 5.56 Å². The van der Waals surface area contributed by atoms with Gasteiger partial charge in [-0.15, -0.1) is 0 Å². The average molecular weight is 418 g/mol. The highest BCUT2D eigenvalue weighted by atomic mass is 16.5. The van der Waals surface area contributed by atoms with E-state index >= 15 is 0 Å². The molecule has 0 amide bonds. The van der Waals surface area contributed by atoms with E-state index < -0.39 is 0 Å². The van der Waals surface area contributed by atoms with Crippen LogP contribution < -0.4 is 10.1 Å². The van der Waals surface area contributed by atoms with Crippen molar-refractivity contribution in [2.75, 3.05) is 38.2 Å². The van der Waals surface area contributed by atoms with Gasteiger partial charge < -0.3 is 19.2 Å². The van der Waals surface area contributed by atoms with E-state index in [4.69, 9.17) is 13.9 Å². The molecule has 0 spiro atoms. The van der Waals surface area contributed by atoms with Crippen molar-refractivity contribution in [3.8, 4) is 11.8 Å². The summed E-state index contributed by atoms with van der Waals surface area (Å²) in [5.41, 5.74) is 2.47. The molecule has 0 saturated carbocycles. The average Bonchev–Trinajstić information content (AvgIpc) is 3.22. The molecule has 0 aliphatic carbocycles. The van der Waals surface area contributed by atoms with Crippen LogP contribution in [0.2, 0.25) is 0 Å². The third-order valence-electron chi connectivity index (χ3n) is 5.35. The monoisotopic (exact) mass is 418 g/mol. The number of para-hydroxylation sites is 1. The van der Waals surface area contributed by atoms with Crippen LogP contribution in [0.25, 0.3) is 0 Å². The van der Waals surface area contributed by atoms with Crippen LogP contribution in [-0.4, -0.2) is 42.7 Å². The van der Waals surface area contributed by atoms with Crippen molar-refractivity contribution in [1.82, 2.24) is 9.88 Å². The molecule has 1 aliphatic heterocycles. The number of anilines is 1. The Hall–Kier alpha value is -3.34. The Labute approximate surface area is 182 Å². The van der Waals surface area contributed by atoms with Crippen LogP contribution >= 0.6 is 0 Å². The van der Waals surface area contributed by atoms with E-state index in [2.05, 4.69) is 33.4 Å². The number of hydrogen-bond donors (Lipinski definition) is 1. The number of aromatic nitrogens is 1. The number of hydrogen-bond acceptors (Lipinski definition) is 7. The summed E-state index contributed by atoms with van der Waals surface area (Å²) in [6, 6.07) is 20.3. The fourth-order valence-corrected chi connectivity index (χ4v) is 3.69. The van der Waals surface area contributed by atoms with Crippen LogP contribution in [-0.2, 0) is 11.3 Å². The molecule has 7 nitrogen and oxygen atoms in total. The van der Waals surface area contributed by atoms with Crippen molar-refractivity contribution < 1.29 is 13.9 Å². The van der Waals surface area contributed by atoms with E-state index in [-0.39, 0.29) is 18.3 Å². The van der Waals surface area contributed by atoms with Crippen molar-refractivity contribution in [3.63, 3.8) is 0 Å². The maximum atomic E-state index is 9.51. The van der Waals surface area contributed by atoms with E-state index in [0.717, 1.165) is 37.6 Å². The van der Waals surface area contributed by atoms with Crippen molar-refractivity contribution in [1.29, 1.82) is 5.26 Å². The number of oxazole rings is 1. The number of ether oxygens (including phenoxy) is 2. The molecule has 0 bridgehead atoms. The van der Waals surface area contributed by atoms with Crippen LogP contribution in [0.15, 0.2) is 59.0 Å². The van der Waals surface area contributed by atoms with Gasteiger partial charge in [-0.3, -0.25) is 4.90 Å². The van der Waals surface area contributed by atoms with E-state index in [1.54, 1.807) is 0 Å². The third-order valence-corrected chi connectivity index (χ3v) is 5.35. The summed E-state index contributed by atoms with van der Waals surface area (Å²) in [6.07, 6.45) is 0. The van der Waals surface area contributed by atoms with E-state index in [1.807, 2.05) is 49.4 Å². The SMILES string of the molecule is Cc1ccccc1OCc1nc(C#N)c(NC[C@H](c2ccccc2)N2CCOCC2)o1. The van der Waals surface area contributed by atoms with Gasteiger partial charge in [0.25, 0.3) is 0 Å². The van der Waals surface area contributed by atoms with Gasteiger partial charge in [-0.2, -0.15) is 10.2 Å². The fourth-order valence-electron chi connectivity index (χ4n) is 3.69. The number of benzene rings is 2. The number of aryl methyl sites for hydroxylation is 1. The van der Waals surface area contributed by atoms with Crippen LogP contribution in [0.5, 0.6) is 5.75 Å². The molecule has 1 aliphatic rings. The number of nitrogens with one attached hydrogen (secondary N) is 1. The fraction of sp³-hybridized carbons (Fsp3) is 0.333. The lowest BCUT2D eigenvalue weighted by molar-refractivity contribution is 0.0186. The number of morpholine rings is 1. The van der Waals surface area contributed by atoms with Gasteiger partial charge in [0.15, 0.2) is 6.61 Å². The van der Waals surface area contributed by atoms with Gasteiger partial charge >= 0.3 is 0 Å². The van der Waals surface area contributed by atoms with Gasteiger partial charge in [-0.25, -0.2) is 0 Å². The topological polar surface area (TPSA) is 83.5 Å². The maximum absolute atomic E-state index is 9.51. The Morgan fingerprint density at radius 3 is 2.61 bits per heavy atom. The molecule has 160 valence electrons. The Morgan fingerprint density at radius 2 is 1.87 bits per heavy atom. The van der Waals surface area contributed by atoms with Gasteiger partial charge in [-0.05, 0) is 24.1 Å². The quantitative estimate of drug-likeness (QED) is 0.594. The van der Waals surface area contributed by atoms with Crippen LogP contribution in [0.3, 0.4) is 0 Å². The molecule has 4 rings (SSSR count). The minimum Gasteiger partial charge on any atom is -0.484 e. The first-order valence-electron chi connectivity index (χ1n) is 10.4. The molecule has 0 radical (unpaired) electrons. The zero-order valence-corrected chi connectivity index (χ0v) is 17.6. The standard InChI is InChI=1S/C24H26N4O3/c1-18-7-5-6-10-22(18)30-17-23-27-20(15-25)24(31-23)26-16-21(19-8-3-2-4-9-19)28-11-13-29-14-12-28/h2-10,21,26H,11-14,16-17H2,1H3/t21-/m1/s1. The Bertz CT molecular complexity index is 1020. The van der Waals surface area contributed by atoms with Gasteiger partial charge in [0.2, 0.25) is 17.5 Å². The van der Waals surface area contributed by atoms with Gasteiger partial charge in [0.1, 0.15) is 11.8 Å². The largest absolute Gasteiger partial charge is 0.484 e. The molecular weight excluding hydrogens is 392 g/mol. The summed E-state index contributed by atoms with van der Waals surface area (Å²) in [5, 5.41) is 12.8. The van der Waals surface area contributed by atoms with Crippen LogP contribution in [0.4, 0.5) is 5.88 Å². The second kappa shape index (κ2) is 10.1. The number of nitriles is 1. The normalized spacial score (nSPS) is 15.2. The zero-order valence-electron chi connectivity index (χ0n) is 17.6. The second-order valence-electron chi connectivity index (χ2n) is 7.41. The summed E-state index contributed by atoms with van der Waals surface area (Å²) in [7, 11) is 0. The summed E-state index contributed by atoms with van der Waals surface area (Å²) >= 11 is 0. The first kappa shape index (κ1) is 20.9. The minimum atomic E-state index is 0.133. The molecule has 31 heavy (non-hydrogen) atoms. The predicted molar refractivity (Wildman–Crippen MR) is 117 cm³/mol. The maximum Gasteiger partial charge on any atom is 0.236 e. The highest BCUT2D eigenvalue weighted by Gasteiger charge is 2.24. The van der Waals surface area contributed by atoms with Crippen LogP contribution in [0.1, 0.15) is 28.8 Å². The third kappa shape index (κ3) is 5.23. The lowest BCUT2D eigenvalue weighted by Gasteiger charge is -2.34. The molecular formula is C24H26N4O3. The van der Waals surface area contributed by atoms with Crippen molar-refractivity contribution in [2.45, 2.75) is 19.6 Å². The molecule has 2 aromatic carbocycles. The van der Waals surface area contributed by atoms with Crippen molar-refractivity contribution in [3.05, 3.63) is 77.3 Å². The first-order chi connectivity index (χ1) is 15.2. The summed E-state index contributed by atoms with van der Waals surface area (Å²) in [6.45, 7) is 5.88. The molecule has 1 aromatic heterocycles. The number of nitrogens with zero attached hydrogens (tertiary/aromatic N) is 3. The lowest BCUT2D eigenvalue weighted by Crippen LogP contribution is -2.41. The highest BCUT2D eigenvalue weighted by Crippen LogP contribution is 2.25. The Morgan fingerprint density at radius 1 is 1.13 bits per heavy atom. The lowest BCUT2D eigenvalue weighted by atomic mass is 10.0. The minimum absolute atomic E-state index is 0.133. The Balaban J connectivity index is 1.46. The van der Waals surface area contributed by atoms with Gasteiger partial charge in [-0.1, -0.05) is 48.5 Å². The molecule has 2 heterocycles. The Kier molecular flexibility index (Phi) is 6.82. The molecule has 1 atom stereocenters. The zero-order chi connectivity index (χ0) is 21.5. The van der Waals surface area contributed by atoms with Gasteiger partial charge in [0, 0.05) is 19.6 Å². The van der Waals surface area contributed by atoms with Gasteiger partial charge in [0.05, 0.1) is 19.3 Å². The molecule has 1 fully saturated rings. The number of rotatable bonds is 8. The van der Waals surface area contributed by atoms with E-state index in [9.17, 15) is 5.26 Å². The van der Waals surface area contributed by atoms with Crippen LogP contribution in [0, 0.1) is 18.3 Å². The van der Waals surface area contributed by atoms with Crippen molar-refractivity contribution >= 4 is 5.88 Å². The molecule has 1 N–H and O–H groups in total. The predicted octanol–water partition coefficient (Wildman–Crippen LogP) is 3.92. The molecule has 1 saturated heterocycles. The first-order valence-corrected chi connectivity index (χ1v) is 10.4. The molecule has 3 aromatic rings. The molecule has 7 heteroatoms. The second-order valence-corrected chi connectivity index (χ2v) is 7.41. The summed E-state index contributed by atoms with van der Waals surface area (Å²) < 4.78 is 17.2. The summed E-state index contributed by atoms with van der Waals surface area (Å²) in [5.74, 6) is 1.51. The van der Waals surface area contributed by atoms with Crippen molar-refractivity contribution in [2.24, 2.45) is 0 Å². The van der Waals surface area contributed by atoms with E-state index in [0.29, 0.717) is 18.3 Å². The summed E-state index contributed by atoms with van der Waals surface area (Å²) in [4.78, 5) is 6.67.